The van der Waals surface area contributed by atoms with E-state index in [9.17, 15) is 10.0 Å². The first kappa shape index (κ1) is 20.1. The zero-order valence-corrected chi connectivity index (χ0v) is 16.9. The van der Waals surface area contributed by atoms with Crippen LogP contribution in [0.3, 0.4) is 0 Å². The minimum atomic E-state index is -0.402. The van der Waals surface area contributed by atoms with Crippen molar-refractivity contribution in [2.45, 2.75) is 20.8 Å². The highest BCUT2D eigenvalue weighted by molar-refractivity contribution is 6.10. The summed E-state index contributed by atoms with van der Waals surface area (Å²) in [5, 5.41) is 15.9. The Morgan fingerprint density at radius 3 is 2.55 bits per heavy atom. The first-order valence-corrected chi connectivity index (χ1v) is 9.38. The number of nitrogens with zero attached hydrogens (tertiary/aromatic N) is 1. The van der Waals surface area contributed by atoms with Gasteiger partial charge in [-0.1, -0.05) is 43.0 Å². The number of aryl methyl sites for hydroxylation is 2. The van der Waals surface area contributed by atoms with Crippen molar-refractivity contribution in [3.63, 3.8) is 0 Å². The second kappa shape index (κ2) is 8.61. The summed E-state index contributed by atoms with van der Waals surface area (Å²) in [6, 6.07) is 16.4. The number of rotatable bonds is 6. The number of anilines is 1. The zero-order valence-electron chi connectivity index (χ0n) is 16.9. The molecular weight excluding hydrogens is 364 g/mol. The summed E-state index contributed by atoms with van der Waals surface area (Å²) in [5.74, 6) is -0.0580. The Kier molecular flexibility index (Phi) is 5.98. The van der Waals surface area contributed by atoms with E-state index in [2.05, 4.69) is 11.9 Å². The van der Waals surface area contributed by atoms with E-state index in [1.807, 2.05) is 50.2 Å². The average Bonchev–Trinajstić information content (AvgIpc) is 2.72. The number of hydrogen-bond acceptors (Lipinski definition) is 3. The average molecular weight is 388 g/mol. The van der Waals surface area contributed by atoms with Gasteiger partial charge < -0.3 is 15.3 Å². The molecule has 3 aromatic rings. The molecule has 0 aliphatic carbocycles. The van der Waals surface area contributed by atoms with Crippen molar-refractivity contribution in [1.82, 2.24) is 0 Å². The first-order chi connectivity index (χ1) is 13.9. The Balaban J connectivity index is 2.18. The highest BCUT2D eigenvalue weighted by atomic mass is 16.5. The molecule has 0 saturated carbocycles. The summed E-state index contributed by atoms with van der Waals surface area (Å²) in [6.07, 6.45) is 1.60. The van der Waals surface area contributed by atoms with Gasteiger partial charge in [-0.05, 0) is 43.2 Å². The van der Waals surface area contributed by atoms with E-state index < -0.39 is 5.91 Å². The van der Waals surface area contributed by atoms with Crippen LogP contribution in [0, 0.1) is 26.0 Å². The van der Waals surface area contributed by atoms with Crippen LogP contribution in [-0.4, -0.2) is 12.5 Å². The molecule has 0 aliphatic rings. The molecule has 1 amide bonds. The molecule has 3 rings (SSSR count). The molecule has 0 aliphatic heterocycles. The number of hydrogen-bond donors (Lipinski definition) is 1. The van der Waals surface area contributed by atoms with Crippen LogP contribution in [0.1, 0.15) is 27.2 Å². The van der Waals surface area contributed by atoms with Crippen LogP contribution in [0.5, 0.6) is 5.75 Å². The lowest BCUT2D eigenvalue weighted by Gasteiger charge is -2.17. The van der Waals surface area contributed by atoms with Gasteiger partial charge in [0.05, 0.1) is 0 Å². The van der Waals surface area contributed by atoms with E-state index in [4.69, 9.17) is 4.74 Å². The van der Waals surface area contributed by atoms with Gasteiger partial charge in [0.15, 0.2) is 11.3 Å². The lowest BCUT2D eigenvalue weighted by molar-refractivity contribution is -0.600. The second-order valence-electron chi connectivity index (χ2n) is 6.84. The molecule has 0 atom stereocenters. The van der Waals surface area contributed by atoms with Gasteiger partial charge >= 0.3 is 0 Å². The molecule has 0 saturated heterocycles. The van der Waals surface area contributed by atoms with Crippen LogP contribution in [0.15, 0.2) is 67.3 Å². The van der Waals surface area contributed by atoms with Gasteiger partial charge in [-0.3, -0.25) is 4.79 Å². The molecular formula is C24H24N2O3. The lowest BCUT2D eigenvalue weighted by Crippen LogP contribution is -2.36. The van der Waals surface area contributed by atoms with E-state index in [1.165, 1.54) is 0 Å². The zero-order chi connectivity index (χ0) is 21.0. The fourth-order valence-electron chi connectivity index (χ4n) is 3.13. The SMILES string of the molecule is C=CCOc1cc(C)[n+]([O-])c(-c2ccccc2)c1C(=O)Nc1cccc(C)c1C. The third-order valence-corrected chi connectivity index (χ3v) is 4.83. The Morgan fingerprint density at radius 1 is 1.14 bits per heavy atom. The van der Waals surface area contributed by atoms with Gasteiger partial charge in [-0.25, -0.2) is 0 Å². The van der Waals surface area contributed by atoms with Crippen molar-refractivity contribution >= 4 is 11.6 Å². The van der Waals surface area contributed by atoms with Gasteiger partial charge in [-0.2, -0.15) is 4.73 Å². The fraction of sp³-hybridized carbons (Fsp3) is 0.167. The molecule has 148 valence electrons. The van der Waals surface area contributed by atoms with Crippen molar-refractivity contribution in [2.75, 3.05) is 11.9 Å². The molecule has 0 fully saturated rings. The molecule has 29 heavy (non-hydrogen) atoms. The number of benzene rings is 2. The van der Waals surface area contributed by atoms with Gasteiger partial charge in [0.2, 0.25) is 5.69 Å². The Bertz CT molecular complexity index is 1060. The number of amides is 1. The monoisotopic (exact) mass is 388 g/mol. The molecule has 0 unspecified atom stereocenters. The minimum absolute atomic E-state index is 0.194. The number of carbonyl (C=O) groups excluding carboxylic acids is 1. The number of aromatic nitrogens is 1. The van der Waals surface area contributed by atoms with Gasteiger partial charge in [0.25, 0.3) is 5.91 Å². The van der Waals surface area contributed by atoms with Crippen LogP contribution in [0.4, 0.5) is 5.69 Å². The van der Waals surface area contributed by atoms with Crippen molar-refractivity contribution in [2.24, 2.45) is 0 Å². The topological polar surface area (TPSA) is 65.3 Å². The summed E-state index contributed by atoms with van der Waals surface area (Å²) >= 11 is 0. The van der Waals surface area contributed by atoms with Crippen molar-refractivity contribution in [1.29, 1.82) is 0 Å². The molecule has 0 spiro atoms. The lowest BCUT2D eigenvalue weighted by atomic mass is 10.0. The van der Waals surface area contributed by atoms with Crippen molar-refractivity contribution in [3.8, 4) is 17.0 Å². The van der Waals surface area contributed by atoms with Crippen molar-refractivity contribution in [3.05, 3.63) is 94.8 Å². The van der Waals surface area contributed by atoms with Crippen LogP contribution < -0.4 is 14.8 Å². The third kappa shape index (κ3) is 4.14. The molecule has 2 aromatic carbocycles. The van der Waals surface area contributed by atoms with Gasteiger partial charge in [0.1, 0.15) is 12.4 Å². The Morgan fingerprint density at radius 2 is 1.86 bits per heavy atom. The fourth-order valence-corrected chi connectivity index (χ4v) is 3.13. The van der Waals surface area contributed by atoms with E-state index in [0.717, 1.165) is 15.9 Å². The Labute approximate surface area is 170 Å². The van der Waals surface area contributed by atoms with Gasteiger partial charge in [0, 0.05) is 24.2 Å². The smallest absolute Gasteiger partial charge is 0.266 e. The number of carbonyl (C=O) groups is 1. The molecule has 1 N–H and O–H groups in total. The standard InChI is InChI=1S/C24H24N2O3/c1-5-14-29-21-15-17(3)26(28)23(19-11-7-6-8-12-19)22(21)24(27)25-20-13-9-10-16(2)18(20)4/h5-13,15H,1,14H2,2-4H3,(H,25,27). The number of pyridine rings is 1. The predicted molar refractivity (Wildman–Crippen MR) is 115 cm³/mol. The quantitative estimate of drug-likeness (QED) is 0.377. The van der Waals surface area contributed by atoms with E-state index in [-0.39, 0.29) is 17.9 Å². The van der Waals surface area contributed by atoms with E-state index >= 15 is 0 Å². The molecule has 5 nitrogen and oxygen atoms in total. The maximum absolute atomic E-state index is 13.4. The summed E-state index contributed by atoms with van der Waals surface area (Å²) in [7, 11) is 0. The predicted octanol–water partition coefficient (Wildman–Crippen LogP) is 4.73. The molecule has 0 bridgehead atoms. The van der Waals surface area contributed by atoms with E-state index in [1.54, 1.807) is 31.2 Å². The normalized spacial score (nSPS) is 10.4. The van der Waals surface area contributed by atoms with Gasteiger partial charge in [-0.15, -0.1) is 0 Å². The Hall–Kier alpha value is -3.60. The maximum Gasteiger partial charge on any atom is 0.266 e. The van der Waals surface area contributed by atoms with Crippen molar-refractivity contribution < 1.29 is 14.3 Å². The van der Waals surface area contributed by atoms with E-state index in [0.29, 0.717) is 22.7 Å². The van der Waals surface area contributed by atoms with Crippen LogP contribution in [0.25, 0.3) is 11.3 Å². The molecule has 0 radical (unpaired) electrons. The van der Waals surface area contributed by atoms with Crippen LogP contribution >= 0.6 is 0 Å². The highest BCUT2D eigenvalue weighted by Gasteiger charge is 2.28. The minimum Gasteiger partial charge on any atom is -0.618 e. The number of nitrogens with one attached hydrogen (secondary N) is 1. The second-order valence-corrected chi connectivity index (χ2v) is 6.84. The summed E-state index contributed by atoms with van der Waals surface area (Å²) in [4.78, 5) is 13.4. The highest BCUT2D eigenvalue weighted by Crippen LogP contribution is 2.30. The summed E-state index contributed by atoms with van der Waals surface area (Å²) in [6.45, 7) is 9.51. The molecule has 1 heterocycles. The number of ether oxygens (including phenoxy) is 1. The molecule has 1 aromatic heterocycles. The largest absolute Gasteiger partial charge is 0.618 e. The summed E-state index contributed by atoms with van der Waals surface area (Å²) < 4.78 is 6.54. The first-order valence-electron chi connectivity index (χ1n) is 9.38. The van der Waals surface area contributed by atoms with Crippen LogP contribution in [-0.2, 0) is 0 Å². The van der Waals surface area contributed by atoms with Crippen LogP contribution in [0.2, 0.25) is 0 Å². The molecule has 5 heteroatoms. The maximum atomic E-state index is 13.4. The summed E-state index contributed by atoms with van der Waals surface area (Å²) in [5.41, 5.74) is 4.26. The third-order valence-electron chi connectivity index (χ3n) is 4.83.